The fraction of sp³-hybridized carbons (Fsp3) is 0.206. The van der Waals surface area contributed by atoms with Crippen molar-refractivity contribution in [3.8, 4) is 11.1 Å². The minimum absolute atomic E-state index is 0.0445. The van der Waals surface area contributed by atoms with Crippen molar-refractivity contribution in [1.29, 1.82) is 0 Å². The minimum Gasteiger partial charge on any atom is -0.345 e. The van der Waals surface area contributed by atoms with Crippen molar-refractivity contribution in [2.45, 2.75) is 39.8 Å². The van der Waals surface area contributed by atoms with Crippen molar-refractivity contribution in [3.05, 3.63) is 142 Å². The zero-order valence-corrected chi connectivity index (χ0v) is 23.7. The zero-order valence-electron chi connectivity index (χ0n) is 22.8. The van der Waals surface area contributed by atoms with Gasteiger partial charge in [0, 0.05) is 13.1 Å². The largest absolute Gasteiger partial charge is 0.345 e. The van der Waals surface area contributed by atoms with Crippen LogP contribution in [0.15, 0.2) is 114 Å². The average Bonchev–Trinajstić information content (AvgIpc) is 2.95. The molecule has 0 saturated heterocycles. The lowest BCUT2D eigenvalue weighted by Crippen LogP contribution is -2.29. The van der Waals surface area contributed by atoms with E-state index in [0.717, 1.165) is 32.7 Å². The molecule has 1 atom stereocenters. The van der Waals surface area contributed by atoms with E-state index in [1.54, 1.807) is 12.1 Å². The van der Waals surface area contributed by atoms with Gasteiger partial charge in [0.1, 0.15) is 5.82 Å². The number of thiol groups is 1. The number of nitrogens with one attached hydrogen (secondary N) is 2. The molecule has 3 nitrogen and oxygen atoms in total. The lowest BCUT2D eigenvalue weighted by Gasteiger charge is -2.21. The Hall–Kier alpha value is -3.67. The number of carbonyl (C=O) groups excluding carboxylic acids is 1. The highest BCUT2D eigenvalue weighted by atomic mass is 32.1. The monoisotopic (exact) mass is 540 g/mol. The van der Waals surface area contributed by atoms with Crippen LogP contribution in [0.25, 0.3) is 11.1 Å². The van der Waals surface area contributed by atoms with E-state index in [9.17, 15) is 9.18 Å². The molecule has 0 aliphatic heterocycles. The molecule has 2 N–H and O–H groups in total. The third-order valence-electron chi connectivity index (χ3n) is 6.31. The van der Waals surface area contributed by atoms with Crippen LogP contribution >= 0.6 is 12.6 Å². The first-order chi connectivity index (χ1) is 18.9. The van der Waals surface area contributed by atoms with Crippen molar-refractivity contribution in [1.82, 2.24) is 10.6 Å². The standard InChI is InChI=1S/C34H37FN2OS/c1-4-6-7-8-9-13-16-29(39)24-36-23-26-18-17-25(3)31(21-26)33(5-2)37-34(38)30-20-19-28(22-32(30)35)27-14-11-10-12-15-27/h4,6-22,33,36,39H,5,23-24H2,1-3H3,(H,37,38)/b6-4-,8-7-,13-9+,29-16-. The van der Waals surface area contributed by atoms with E-state index in [4.69, 9.17) is 0 Å². The number of hydrogen-bond donors (Lipinski definition) is 3. The fourth-order valence-electron chi connectivity index (χ4n) is 4.18. The number of amides is 1. The Morgan fingerprint density at radius 2 is 1.69 bits per heavy atom. The average molecular weight is 541 g/mol. The SMILES string of the molecule is C\C=C/C=C\C=C\C=C(/S)CNCc1ccc(C)c(C(CC)NC(=O)c2ccc(-c3ccccc3)cc2F)c1. The number of carbonyl (C=O) groups is 1. The van der Waals surface area contributed by atoms with Gasteiger partial charge in [-0.3, -0.25) is 4.79 Å². The smallest absolute Gasteiger partial charge is 0.254 e. The third-order valence-corrected chi connectivity index (χ3v) is 6.62. The van der Waals surface area contributed by atoms with Gasteiger partial charge in [-0.15, -0.1) is 12.6 Å². The lowest BCUT2D eigenvalue weighted by molar-refractivity contribution is 0.0931. The van der Waals surface area contributed by atoms with E-state index in [1.165, 1.54) is 6.07 Å². The second kappa shape index (κ2) is 15.7. The van der Waals surface area contributed by atoms with Crippen LogP contribution in [0.5, 0.6) is 0 Å². The van der Waals surface area contributed by atoms with E-state index in [0.29, 0.717) is 19.5 Å². The maximum absolute atomic E-state index is 14.9. The van der Waals surface area contributed by atoms with Gasteiger partial charge in [0.2, 0.25) is 0 Å². The number of benzene rings is 3. The maximum Gasteiger partial charge on any atom is 0.254 e. The number of hydrogen-bond acceptors (Lipinski definition) is 3. The first kappa shape index (κ1) is 29.9. The van der Waals surface area contributed by atoms with Gasteiger partial charge in [0.05, 0.1) is 11.6 Å². The molecule has 0 heterocycles. The molecule has 0 saturated carbocycles. The summed E-state index contributed by atoms with van der Waals surface area (Å²) in [6.45, 7) is 7.33. The highest BCUT2D eigenvalue weighted by Crippen LogP contribution is 2.25. The van der Waals surface area contributed by atoms with Crippen LogP contribution < -0.4 is 10.6 Å². The summed E-state index contributed by atoms with van der Waals surface area (Å²) in [5, 5.41) is 6.46. The second-order valence-corrected chi connectivity index (χ2v) is 9.82. The summed E-state index contributed by atoms with van der Waals surface area (Å²) in [6, 6.07) is 20.4. The minimum atomic E-state index is -0.530. The number of allylic oxidation sites excluding steroid dienone is 7. The Kier molecular flexibility index (Phi) is 12.0. The summed E-state index contributed by atoms with van der Waals surface area (Å²) in [5.74, 6) is -0.946. The van der Waals surface area contributed by atoms with Gasteiger partial charge in [-0.1, -0.05) is 104 Å². The normalized spacial score (nSPS) is 13.0. The molecule has 0 bridgehead atoms. The van der Waals surface area contributed by atoms with Crippen molar-refractivity contribution in [2.24, 2.45) is 0 Å². The topological polar surface area (TPSA) is 41.1 Å². The quantitative estimate of drug-likeness (QED) is 0.160. The van der Waals surface area contributed by atoms with Crippen molar-refractivity contribution in [3.63, 3.8) is 0 Å². The van der Waals surface area contributed by atoms with Crippen LogP contribution in [0.4, 0.5) is 4.39 Å². The van der Waals surface area contributed by atoms with Crippen LogP contribution in [-0.2, 0) is 6.54 Å². The number of rotatable bonds is 12. The molecule has 3 rings (SSSR count). The van der Waals surface area contributed by atoms with E-state index < -0.39 is 11.7 Å². The molecule has 39 heavy (non-hydrogen) atoms. The fourth-order valence-corrected chi connectivity index (χ4v) is 4.38. The maximum atomic E-state index is 14.9. The first-order valence-corrected chi connectivity index (χ1v) is 13.7. The first-order valence-electron chi connectivity index (χ1n) is 13.2. The number of aryl methyl sites for hydroxylation is 1. The molecule has 0 aromatic heterocycles. The molecule has 0 spiro atoms. The highest BCUT2D eigenvalue weighted by Gasteiger charge is 2.19. The van der Waals surface area contributed by atoms with E-state index >= 15 is 0 Å². The Morgan fingerprint density at radius 1 is 0.949 bits per heavy atom. The molecular weight excluding hydrogens is 503 g/mol. The van der Waals surface area contributed by atoms with Crippen LogP contribution in [0.1, 0.15) is 53.4 Å². The molecule has 3 aromatic rings. The Morgan fingerprint density at radius 3 is 2.41 bits per heavy atom. The highest BCUT2D eigenvalue weighted by molar-refractivity contribution is 7.84. The molecule has 3 aromatic carbocycles. The number of halogens is 1. The molecule has 0 aliphatic rings. The van der Waals surface area contributed by atoms with Crippen LogP contribution in [0, 0.1) is 12.7 Å². The van der Waals surface area contributed by atoms with Crippen LogP contribution in [0.3, 0.4) is 0 Å². The van der Waals surface area contributed by atoms with Crippen molar-refractivity contribution in [2.75, 3.05) is 6.54 Å². The lowest BCUT2D eigenvalue weighted by atomic mass is 9.96. The van der Waals surface area contributed by atoms with Gasteiger partial charge in [0.15, 0.2) is 0 Å². The predicted molar refractivity (Wildman–Crippen MR) is 165 cm³/mol. The van der Waals surface area contributed by atoms with Gasteiger partial charge in [-0.05, 0) is 65.1 Å². The summed E-state index contributed by atoms with van der Waals surface area (Å²) in [6.07, 6.45) is 14.5. The Balaban J connectivity index is 1.64. The van der Waals surface area contributed by atoms with Crippen molar-refractivity contribution < 1.29 is 9.18 Å². The van der Waals surface area contributed by atoms with Gasteiger partial charge in [-0.25, -0.2) is 4.39 Å². The summed E-state index contributed by atoms with van der Waals surface area (Å²) in [4.78, 5) is 14.0. The van der Waals surface area contributed by atoms with Gasteiger partial charge in [0.25, 0.3) is 5.91 Å². The molecule has 1 unspecified atom stereocenters. The molecule has 5 heteroatoms. The molecule has 0 radical (unpaired) electrons. The summed E-state index contributed by atoms with van der Waals surface area (Å²) >= 11 is 4.54. The predicted octanol–water partition coefficient (Wildman–Crippen LogP) is 8.27. The summed E-state index contributed by atoms with van der Waals surface area (Å²) in [5.41, 5.74) is 4.91. The van der Waals surface area contributed by atoms with E-state index in [1.807, 2.05) is 93.6 Å². The van der Waals surface area contributed by atoms with Gasteiger partial charge in [-0.2, -0.15) is 0 Å². The zero-order chi connectivity index (χ0) is 28.0. The summed E-state index contributed by atoms with van der Waals surface area (Å²) in [7, 11) is 0. The van der Waals surface area contributed by atoms with E-state index in [-0.39, 0.29) is 11.6 Å². The Labute approximate surface area is 237 Å². The summed E-state index contributed by atoms with van der Waals surface area (Å²) < 4.78 is 14.9. The molecule has 0 aliphatic carbocycles. The van der Waals surface area contributed by atoms with Gasteiger partial charge < -0.3 is 10.6 Å². The second-order valence-electron chi connectivity index (χ2n) is 9.24. The third kappa shape index (κ3) is 9.24. The van der Waals surface area contributed by atoms with Crippen LogP contribution in [-0.4, -0.2) is 12.5 Å². The molecule has 1 amide bonds. The molecular formula is C34H37FN2OS. The molecule has 202 valence electrons. The van der Waals surface area contributed by atoms with Gasteiger partial charge >= 0.3 is 0 Å². The van der Waals surface area contributed by atoms with Crippen molar-refractivity contribution >= 4 is 18.5 Å². The Bertz CT molecular complexity index is 1360. The van der Waals surface area contributed by atoms with E-state index in [2.05, 4.69) is 41.5 Å². The molecule has 0 fully saturated rings. The van der Waals surface area contributed by atoms with Crippen LogP contribution in [0.2, 0.25) is 0 Å².